The van der Waals surface area contributed by atoms with Gasteiger partial charge in [-0.2, -0.15) is 0 Å². The summed E-state index contributed by atoms with van der Waals surface area (Å²) >= 11 is 0. The quantitative estimate of drug-likeness (QED) is 0.395. The largest absolute Gasteiger partial charge is 0.479 e. The van der Waals surface area contributed by atoms with Crippen molar-refractivity contribution in [2.24, 2.45) is 4.99 Å². The number of nitrogens with zero attached hydrogens (tertiary/aromatic N) is 2. The lowest BCUT2D eigenvalue weighted by Gasteiger charge is -2.23. The van der Waals surface area contributed by atoms with E-state index < -0.39 is 17.6 Å². The molecule has 192 valence electrons. The number of unbranched alkanes of at least 4 members (excludes halogenated alkanes) is 1. The van der Waals surface area contributed by atoms with Crippen LogP contribution in [0.25, 0.3) is 11.1 Å². The molecule has 1 N–H and O–H groups in total. The number of hydrogen-bond acceptors (Lipinski definition) is 4. The van der Waals surface area contributed by atoms with Crippen LogP contribution in [0.4, 0.5) is 0 Å². The number of amidine groups is 1. The minimum absolute atomic E-state index is 0.179. The van der Waals surface area contributed by atoms with Gasteiger partial charge in [-0.05, 0) is 67.0 Å². The van der Waals surface area contributed by atoms with Gasteiger partial charge in [0.25, 0.3) is 5.91 Å². The fourth-order valence-corrected chi connectivity index (χ4v) is 5.31. The fraction of sp³-hybridized carbons (Fsp3) is 0.500. The third-order valence-electron chi connectivity index (χ3n) is 7.35. The Morgan fingerprint density at radius 2 is 1.81 bits per heavy atom. The van der Waals surface area contributed by atoms with Crippen molar-refractivity contribution in [1.82, 2.24) is 4.90 Å². The van der Waals surface area contributed by atoms with Crippen LogP contribution in [0, 0.1) is 0 Å². The van der Waals surface area contributed by atoms with E-state index in [1.165, 1.54) is 12.5 Å². The monoisotopic (exact) mass is 490 g/mol. The number of carboxylic acids is 1. The SMILES string of the molecule is CCCCC1=NC2(CCCC2)C(=O)N1Cc1ccc(-c2cc(OC(C)C(=O)O)ccc2CCC)cc1. The molecular formula is C30H38N2O4. The molecule has 1 aliphatic carbocycles. The first kappa shape index (κ1) is 25.9. The Labute approximate surface area is 214 Å². The molecule has 1 heterocycles. The summed E-state index contributed by atoms with van der Waals surface area (Å²) in [6.07, 6.45) is 7.88. The van der Waals surface area contributed by atoms with Crippen LogP contribution < -0.4 is 4.74 Å². The molecule has 1 aliphatic heterocycles. The van der Waals surface area contributed by atoms with Crippen molar-refractivity contribution in [1.29, 1.82) is 0 Å². The van der Waals surface area contributed by atoms with Gasteiger partial charge in [-0.15, -0.1) is 0 Å². The van der Waals surface area contributed by atoms with Gasteiger partial charge in [0.2, 0.25) is 0 Å². The van der Waals surface area contributed by atoms with Crippen LogP contribution in [0.3, 0.4) is 0 Å². The van der Waals surface area contributed by atoms with E-state index in [0.29, 0.717) is 12.3 Å². The minimum Gasteiger partial charge on any atom is -0.479 e. The van der Waals surface area contributed by atoms with E-state index in [1.54, 1.807) is 0 Å². The molecular weight excluding hydrogens is 452 g/mol. The van der Waals surface area contributed by atoms with Gasteiger partial charge in [0.1, 0.15) is 17.1 Å². The average Bonchev–Trinajstić information content (AvgIpc) is 3.45. The van der Waals surface area contributed by atoms with E-state index in [4.69, 9.17) is 9.73 Å². The molecule has 2 aliphatic rings. The molecule has 0 radical (unpaired) electrons. The third-order valence-corrected chi connectivity index (χ3v) is 7.35. The maximum Gasteiger partial charge on any atom is 0.344 e. The molecule has 1 atom stereocenters. The normalized spacial score (nSPS) is 17.5. The zero-order valence-corrected chi connectivity index (χ0v) is 21.8. The first-order valence-electron chi connectivity index (χ1n) is 13.4. The van der Waals surface area contributed by atoms with Crippen LogP contribution >= 0.6 is 0 Å². The highest BCUT2D eigenvalue weighted by Crippen LogP contribution is 2.40. The highest BCUT2D eigenvalue weighted by Gasteiger charge is 2.49. The topological polar surface area (TPSA) is 79.2 Å². The maximum absolute atomic E-state index is 13.4. The van der Waals surface area contributed by atoms with Crippen LogP contribution in [0.5, 0.6) is 5.75 Å². The Morgan fingerprint density at radius 3 is 2.44 bits per heavy atom. The molecule has 1 saturated carbocycles. The molecule has 6 nitrogen and oxygen atoms in total. The number of aliphatic carboxylic acids is 1. The second kappa shape index (κ2) is 11.3. The van der Waals surface area contributed by atoms with Crippen molar-refractivity contribution in [3.8, 4) is 16.9 Å². The van der Waals surface area contributed by atoms with Crippen molar-refractivity contribution < 1.29 is 19.4 Å². The Morgan fingerprint density at radius 1 is 1.08 bits per heavy atom. The van der Waals surface area contributed by atoms with E-state index >= 15 is 0 Å². The number of aliphatic imine (C=N–C) groups is 1. The lowest BCUT2D eigenvalue weighted by Crippen LogP contribution is -2.40. The number of carboxylic acid groups (broad SMARTS) is 1. The first-order valence-corrected chi connectivity index (χ1v) is 13.4. The number of rotatable bonds is 11. The molecule has 0 bridgehead atoms. The van der Waals surface area contributed by atoms with Crippen molar-refractivity contribution in [2.75, 3.05) is 0 Å². The van der Waals surface area contributed by atoms with Crippen LogP contribution in [0.1, 0.15) is 83.3 Å². The second-order valence-electron chi connectivity index (χ2n) is 10.1. The summed E-state index contributed by atoms with van der Waals surface area (Å²) < 4.78 is 5.63. The number of carbonyl (C=O) groups excluding carboxylic acids is 1. The van der Waals surface area contributed by atoms with E-state index in [2.05, 4.69) is 38.1 Å². The molecule has 4 rings (SSSR count). The van der Waals surface area contributed by atoms with Gasteiger partial charge in [0, 0.05) is 6.42 Å². The Balaban J connectivity index is 1.56. The number of amides is 1. The van der Waals surface area contributed by atoms with Crippen molar-refractivity contribution >= 4 is 17.7 Å². The van der Waals surface area contributed by atoms with Crippen molar-refractivity contribution in [3.63, 3.8) is 0 Å². The maximum atomic E-state index is 13.4. The first-order chi connectivity index (χ1) is 17.4. The molecule has 36 heavy (non-hydrogen) atoms. The zero-order chi connectivity index (χ0) is 25.7. The average molecular weight is 491 g/mol. The molecule has 1 amide bonds. The zero-order valence-electron chi connectivity index (χ0n) is 21.8. The predicted octanol–water partition coefficient (Wildman–Crippen LogP) is 6.40. The molecule has 6 heteroatoms. The van der Waals surface area contributed by atoms with Crippen LogP contribution in [0.2, 0.25) is 0 Å². The van der Waals surface area contributed by atoms with E-state index in [0.717, 1.165) is 80.3 Å². The smallest absolute Gasteiger partial charge is 0.344 e. The molecule has 0 saturated heterocycles. The molecule has 1 unspecified atom stereocenters. The molecule has 2 aromatic carbocycles. The van der Waals surface area contributed by atoms with Crippen LogP contribution in [-0.4, -0.2) is 39.4 Å². The van der Waals surface area contributed by atoms with Gasteiger partial charge in [0.05, 0.1) is 6.54 Å². The third kappa shape index (κ3) is 5.48. The van der Waals surface area contributed by atoms with E-state index in [1.807, 2.05) is 23.1 Å². The summed E-state index contributed by atoms with van der Waals surface area (Å²) in [4.78, 5) is 31.6. The van der Waals surface area contributed by atoms with Crippen molar-refractivity contribution in [2.45, 2.75) is 96.7 Å². The predicted molar refractivity (Wildman–Crippen MR) is 142 cm³/mol. The Hall–Kier alpha value is -3.15. The van der Waals surface area contributed by atoms with Gasteiger partial charge in [-0.1, -0.05) is 69.9 Å². The lowest BCUT2D eigenvalue weighted by molar-refractivity contribution is -0.144. The minimum atomic E-state index is -0.990. The van der Waals surface area contributed by atoms with Gasteiger partial charge in [-0.25, -0.2) is 4.79 Å². The molecule has 0 aromatic heterocycles. The molecule has 1 spiro atoms. The molecule has 2 aromatic rings. The standard InChI is InChI=1S/C30H38N2O4/c1-4-6-10-27-31-30(17-7-8-18-30)29(35)32(27)20-22-11-13-24(14-12-22)26-19-25(36-21(3)28(33)34)16-15-23(26)9-5-2/h11-16,19,21H,4-10,17-18,20H2,1-3H3,(H,33,34). The van der Waals surface area contributed by atoms with Gasteiger partial charge in [0.15, 0.2) is 6.10 Å². The number of ether oxygens (including phenoxy) is 1. The summed E-state index contributed by atoms with van der Waals surface area (Å²) in [5.74, 6) is 0.689. The second-order valence-corrected chi connectivity index (χ2v) is 10.1. The lowest BCUT2D eigenvalue weighted by atomic mass is 9.95. The summed E-state index contributed by atoms with van der Waals surface area (Å²) in [7, 11) is 0. The van der Waals surface area contributed by atoms with Gasteiger partial charge < -0.3 is 9.84 Å². The van der Waals surface area contributed by atoms with Crippen LogP contribution in [0.15, 0.2) is 47.5 Å². The summed E-state index contributed by atoms with van der Waals surface area (Å²) in [5.41, 5.74) is 3.87. The molecule has 1 fully saturated rings. The van der Waals surface area contributed by atoms with E-state index in [-0.39, 0.29) is 5.91 Å². The number of carbonyl (C=O) groups is 2. The number of aryl methyl sites for hydroxylation is 1. The fourth-order valence-electron chi connectivity index (χ4n) is 5.31. The summed E-state index contributed by atoms with van der Waals surface area (Å²) in [6.45, 7) is 6.39. The van der Waals surface area contributed by atoms with Crippen LogP contribution in [-0.2, 0) is 22.6 Å². The van der Waals surface area contributed by atoms with Gasteiger partial charge >= 0.3 is 5.97 Å². The Kier molecular flexibility index (Phi) is 8.12. The van der Waals surface area contributed by atoms with Gasteiger partial charge in [-0.3, -0.25) is 14.7 Å². The highest BCUT2D eigenvalue weighted by atomic mass is 16.5. The highest BCUT2D eigenvalue weighted by molar-refractivity contribution is 6.08. The summed E-state index contributed by atoms with van der Waals surface area (Å²) in [6, 6.07) is 14.1. The van der Waals surface area contributed by atoms with E-state index in [9.17, 15) is 14.7 Å². The number of hydrogen-bond donors (Lipinski definition) is 1. The number of benzene rings is 2. The Bertz CT molecular complexity index is 1120. The summed E-state index contributed by atoms with van der Waals surface area (Å²) in [5, 5.41) is 9.21. The van der Waals surface area contributed by atoms with Crippen molar-refractivity contribution in [3.05, 3.63) is 53.6 Å².